The van der Waals surface area contributed by atoms with Crippen LogP contribution in [0.4, 0.5) is 16.2 Å². The van der Waals surface area contributed by atoms with Gasteiger partial charge in [0.05, 0.1) is 12.0 Å². The van der Waals surface area contributed by atoms with E-state index in [1.807, 2.05) is 11.8 Å². The lowest BCUT2D eigenvalue weighted by Gasteiger charge is -2.38. The van der Waals surface area contributed by atoms with Gasteiger partial charge in [-0.2, -0.15) is 0 Å². The number of rotatable bonds is 4. The van der Waals surface area contributed by atoms with Crippen LogP contribution < -0.4 is 15.0 Å². The summed E-state index contributed by atoms with van der Waals surface area (Å²) >= 11 is 0. The number of anilines is 1. The molecule has 2 heterocycles. The van der Waals surface area contributed by atoms with Crippen molar-refractivity contribution in [1.82, 2.24) is 10.3 Å². The van der Waals surface area contributed by atoms with E-state index in [0.717, 1.165) is 6.42 Å². The Labute approximate surface area is 152 Å². The van der Waals surface area contributed by atoms with Crippen molar-refractivity contribution in [2.24, 2.45) is 5.92 Å². The van der Waals surface area contributed by atoms with Crippen molar-refractivity contribution in [3.63, 3.8) is 0 Å². The zero-order chi connectivity index (χ0) is 19.5. The fourth-order valence-corrected chi connectivity index (χ4v) is 3.05. The van der Waals surface area contributed by atoms with Gasteiger partial charge in [-0.15, -0.1) is 0 Å². The second-order valence-electron chi connectivity index (χ2n) is 7.56. The third-order valence-corrected chi connectivity index (χ3v) is 3.96. The van der Waals surface area contributed by atoms with Gasteiger partial charge in [-0.1, -0.05) is 6.92 Å². The highest BCUT2D eigenvalue weighted by molar-refractivity contribution is 5.69. The van der Waals surface area contributed by atoms with Gasteiger partial charge in [0.15, 0.2) is 0 Å². The van der Waals surface area contributed by atoms with Crippen LogP contribution in [0.15, 0.2) is 12.3 Å². The van der Waals surface area contributed by atoms with Gasteiger partial charge in [0.25, 0.3) is 0 Å². The predicted molar refractivity (Wildman–Crippen MR) is 96.6 cm³/mol. The summed E-state index contributed by atoms with van der Waals surface area (Å²) in [5.41, 5.74) is -0.235. The van der Waals surface area contributed by atoms with Gasteiger partial charge in [-0.25, -0.2) is 9.78 Å². The van der Waals surface area contributed by atoms with Crippen LogP contribution in [0.3, 0.4) is 0 Å². The Kier molecular flexibility index (Phi) is 5.89. The van der Waals surface area contributed by atoms with E-state index in [9.17, 15) is 14.9 Å². The molecule has 0 spiro atoms. The smallest absolute Gasteiger partial charge is 0.407 e. The number of aromatic nitrogens is 1. The molecule has 1 aromatic heterocycles. The van der Waals surface area contributed by atoms with E-state index in [1.165, 1.54) is 13.3 Å². The fourth-order valence-electron chi connectivity index (χ4n) is 3.05. The summed E-state index contributed by atoms with van der Waals surface area (Å²) in [6, 6.07) is 1.38. The first-order valence-corrected chi connectivity index (χ1v) is 8.52. The molecule has 2 rings (SSSR count). The Morgan fingerprint density at radius 2 is 2.12 bits per heavy atom. The van der Waals surface area contributed by atoms with Gasteiger partial charge in [-0.05, 0) is 33.1 Å². The Morgan fingerprint density at radius 1 is 1.42 bits per heavy atom. The number of hydrogen-bond acceptors (Lipinski definition) is 7. The number of carbonyl (C=O) groups excluding carboxylic acids is 1. The minimum Gasteiger partial charge on any atom is -0.481 e. The van der Waals surface area contributed by atoms with E-state index in [-0.39, 0.29) is 17.6 Å². The molecule has 0 radical (unpaired) electrons. The standard InChI is InChI=1S/C17H26N4O5/c1-11-6-12(19-16(22)26-17(2,3)4)10-20(9-11)13-7-15(25-5)18-8-14(13)21(23)24/h7-8,11-12H,6,9-10H2,1-5H3,(H,19,22)/t11-,12+/m1/s1. The number of pyridine rings is 1. The molecule has 26 heavy (non-hydrogen) atoms. The highest BCUT2D eigenvalue weighted by Crippen LogP contribution is 2.33. The minimum atomic E-state index is -0.582. The Hall–Kier alpha value is -2.58. The summed E-state index contributed by atoms with van der Waals surface area (Å²) in [5.74, 6) is 0.544. The number of nitrogens with one attached hydrogen (secondary N) is 1. The molecular formula is C17H26N4O5. The van der Waals surface area contributed by atoms with Gasteiger partial charge in [0.1, 0.15) is 17.5 Å². The van der Waals surface area contributed by atoms with E-state index >= 15 is 0 Å². The molecule has 9 nitrogen and oxygen atoms in total. The molecule has 1 saturated heterocycles. The molecule has 1 aromatic rings. The normalized spacial score (nSPS) is 20.4. The van der Waals surface area contributed by atoms with E-state index in [0.29, 0.717) is 24.7 Å². The average molecular weight is 366 g/mol. The van der Waals surface area contributed by atoms with E-state index in [2.05, 4.69) is 10.3 Å². The zero-order valence-electron chi connectivity index (χ0n) is 15.8. The van der Waals surface area contributed by atoms with Crippen molar-refractivity contribution in [2.75, 3.05) is 25.1 Å². The van der Waals surface area contributed by atoms with Crippen molar-refractivity contribution in [2.45, 2.75) is 45.8 Å². The number of alkyl carbamates (subject to hydrolysis) is 1. The fraction of sp³-hybridized carbons (Fsp3) is 0.647. The summed E-state index contributed by atoms with van der Waals surface area (Å²) in [4.78, 5) is 28.8. The molecule has 1 amide bonds. The summed E-state index contributed by atoms with van der Waals surface area (Å²) in [7, 11) is 1.46. The van der Waals surface area contributed by atoms with Crippen LogP contribution in [0.5, 0.6) is 5.88 Å². The lowest BCUT2D eigenvalue weighted by atomic mass is 9.95. The van der Waals surface area contributed by atoms with Crippen molar-refractivity contribution < 1.29 is 19.2 Å². The monoisotopic (exact) mass is 366 g/mol. The number of nitrogens with zero attached hydrogens (tertiary/aromatic N) is 3. The summed E-state index contributed by atoms with van der Waals surface area (Å²) in [6.07, 6.45) is 1.48. The predicted octanol–water partition coefficient (Wildman–Crippen LogP) is 2.74. The second-order valence-corrected chi connectivity index (χ2v) is 7.56. The highest BCUT2D eigenvalue weighted by Gasteiger charge is 2.31. The van der Waals surface area contributed by atoms with Crippen molar-refractivity contribution in [1.29, 1.82) is 0 Å². The first-order chi connectivity index (χ1) is 12.1. The Morgan fingerprint density at radius 3 is 2.69 bits per heavy atom. The largest absolute Gasteiger partial charge is 0.481 e. The summed E-state index contributed by atoms with van der Waals surface area (Å²) in [6.45, 7) is 8.53. The van der Waals surface area contributed by atoms with Crippen LogP contribution in [0.2, 0.25) is 0 Å². The van der Waals surface area contributed by atoms with Gasteiger partial charge in [0.2, 0.25) is 5.88 Å². The average Bonchev–Trinajstić information content (AvgIpc) is 2.51. The number of carbonyl (C=O) groups is 1. The van der Waals surface area contributed by atoms with Crippen molar-refractivity contribution in [3.8, 4) is 5.88 Å². The molecule has 0 aliphatic carbocycles. The second kappa shape index (κ2) is 7.76. The SMILES string of the molecule is COc1cc(N2C[C@H](C)C[C@H](NC(=O)OC(C)(C)C)C2)c([N+](=O)[O-])cn1. The minimum absolute atomic E-state index is 0.0871. The number of hydrogen-bond donors (Lipinski definition) is 1. The molecule has 1 N–H and O–H groups in total. The molecule has 1 aliphatic heterocycles. The third kappa shape index (κ3) is 5.21. The summed E-state index contributed by atoms with van der Waals surface area (Å²) in [5, 5.41) is 14.2. The molecule has 0 aromatic carbocycles. The van der Waals surface area contributed by atoms with Crippen LogP contribution in [-0.4, -0.2) is 47.8 Å². The first-order valence-electron chi connectivity index (χ1n) is 8.52. The zero-order valence-corrected chi connectivity index (χ0v) is 15.8. The van der Waals surface area contributed by atoms with Crippen molar-refractivity contribution >= 4 is 17.5 Å². The number of amides is 1. The molecule has 0 saturated carbocycles. The molecule has 1 fully saturated rings. The number of methoxy groups -OCH3 is 1. The van der Waals surface area contributed by atoms with Gasteiger partial charge < -0.3 is 19.7 Å². The lowest BCUT2D eigenvalue weighted by Crippen LogP contribution is -2.51. The maximum atomic E-state index is 12.1. The van der Waals surface area contributed by atoms with E-state index in [1.54, 1.807) is 26.8 Å². The van der Waals surface area contributed by atoms with Crippen molar-refractivity contribution in [3.05, 3.63) is 22.4 Å². The lowest BCUT2D eigenvalue weighted by molar-refractivity contribution is -0.384. The third-order valence-electron chi connectivity index (χ3n) is 3.96. The molecule has 0 unspecified atom stereocenters. The summed E-state index contributed by atoms with van der Waals surface area (Å²) < 4.78 is 10.4. The quantitative estimate of drug-likeness (QED) is 0.645. The van der Waals surface area contributed by atoms with Crippen LogP contribution in [0.25, 0.3) is 0 Å². The first kappa shape index (κ1) is 19.7. The molecule has 1 aliphatic rings. The van der Waals surface area contributed by atoms with Crippen LogP contribution in [0, 0.1) is 16.0 Å². The Bertz CT molecular complexity index is 674. The molecular weight excluding hydrogens is 340 g/mol. The highest BCUT2D eigenvalue weighted by atomic mass is 16.6. The molecule has 144 valence electrons. The van der Waals surface area contributed by atoms with E-state index < -0.39 is 16.6 Å². The maximum absolute atomic E-state index is 12.1. The number of piperidine rings is 1. The number of ether oxygens (including phenoxy) is 2. The van der Waals surface area contributed by atoms with Gasteiger partial charge in [-0.3, -0.25) is 10.1 Å². The maximum Gasteiger partial charge on any atom is 0.407 e. The number of nitro groups is 1. The molecule has 9 heteroatoms. The van der Waals surface area contributed by atoms with Crippen LogP contribution >= 0.6 is 0 Å². The molecule has 0 bridgehead atoms. The van der Waals surface area contributed by atoms with Gasteiger partial charge >= 0.3 is 11.8 Å². The topological polar surface area (TPSA) is 107 Å². The molecule has 2 atom stereocenters. The van der Waals surface area contributed by atoms with Gasteiger partial charge in [0, 0.05) is 25.2 Å². The van der Waals surface area contributed by atoms with E-state index in [4.69, 9.17) is 9.47 Å². The Balaban J connectivity index is 2.20. The van der Waals surface area contributed by atoms with Crippen LogP contribution in [0.1, 0.15) is 34.1 Å². The van der Waals surface area contributed by atoms with Crippen LogP contribution in [-0.2, 0) is 4.74 Å².